The van der Waals surface area contributed by atoms with Crippen LogP contribution in [-0.4, -0.2) is 15.5 Å². The van der Waals surface area contributed by atoms with Crippen LogP contribution in [0.3, 0.4) is 0 Å². The lowest BCUT2D eigenvalue weighted by molar-refractivity contribution is -0.136. The molecule has 0 fully saturated rings. The molecule has 0 bridgehead atoms. The molecule has 0 saturated heterocycles. The van der Waals surface area contributed by atoms with Crippen molar-refractivity contribution in [1.29, 1.82) is 0 Å². The van der Waals surface area contributed by atoms with Gasteiger partial charge in [0.05, 0.1) is 11.3 Å². The summed E-state index contributed by atoms with van der Waals surface area (Å²) in [4.78, 5) is 11.6. The number of carboxylic acid groups (broad SMARTS) is 1. The Labute approximate surface area is 85.6 Å². The molecule has 0 amide bonds. The molecule has 0 saturated carbocycles. The average molecular weight is 209 g/mol. The second-order valence-corrected chi connectivity index (χ2v) is 4.10. The molecule has 2 rings (SSSR count). The zero-order valence-electron chi connectivity index (χ0n) is 7.86. The lowest BCUT2D eigenvalue weighted by Gasteiger charge is -1.92. The Balaban J connectivity index is 2.41. The number of aromatic nitrogens is 1. The molecule has 3 nitrogen and oxygen atoms in total. The van der Waals surface area contributed by atoms with Crippen LogP contribution in [0, 0.1) is 0 Å². The molecule has 2 heterocycles. The first-order valence-corrected chi connectivity index (χ1v) is 5.38. The number of carbonyl (C=O) groups is 1. The van der Waals surface area contributed by atoms with E-state index >= 15 is 0 Å². The lowest BCUT2D eigenvalue weighted by atomic mass is 10.2. The standard InChI is InChI=1S/C10H11NO2S/c1-2-8-6-14-9-3-7(4-10(12)13)5-11(8)9/h3,5-6H,2,4H2,1H3,(H,12,13). The molecule has 14 heavy (non-hydrogen) atoms. The van der Waals surface area contributed by atoms with Crippen LogP contribution in [0.1, 0.15) is 18.2 Å². The van der Waals surface area contributed by atoms with Crippen molar-refractivity contribution in [2.75, 3.05) is 0 Å². The quantitative estimate of drug-likeness (QED) is 0.841. The predicted molar refractivity (Wildman–Crippen MR) is 56.0 cm³/mol. The molecule has 0 aliphatic carbocycles. The van der Waals surface area contributed by atoms with Crippen molar-refractivity contribution in [3.63, 3.8) is 0 Å². The molecule has 2 aromatic heterocycles. The van der Waals surface area contributed by atoms with E-state index in [4.69, 9.17) is 5.11 Å². The molecule has 0 unspecified atom stereocenters. The number of thiazole rings is 1. The summed E-state index contributed by atoms with van der Waals surface area (Å²) in [6, 6.07) is 1.94. The van der Waals surface area contributed by atoms with Gasteiger partial charge in [-0.3, -0.25) is 4.79 Å². The number of aryl methyl sites for hydroxylation is 1. The lowest BCUT2D eigenvalue weighted by Crippen LogP contribution is -1.98. The van der Waals surface area contributed by atoms with E-state index in [9.17, 15) is 4.79 Å². The third kappa shape index (κ3) is 1.53. The van der Waals surface area contributed by atoms with Gasteiger partial charge in [-0.15, -0.1) is 11.3 Å². The predicted octanol–water partition coefficient (Wildman–Crippen LogP) is 2.19. The smallest absolute Gasteiger partial charge is 0.307 e. The van der Waals surface area contributed by atoms with Gasteiger partial charge in [0.15, 0.2) is 0 Å². The van der Waals surface area contributed by atoms with Crippen molar-refractivity contribution < 1.29 is 9.90 Å². The van der Waals surface area contributed by atoms with Gasteiger partial charge in [-0.05, 0) is 18.1 Å². The monoisotopic (exact) mass is 209 g/mol. The number of aliphatic carboxylic acids is 1. The van der Waals surface area contributed by atoms with Crippen molar-refractivity contribution in [3.05, 3.63) is 28.9 Å². The summed E-state index contributed by atoms with van der Waals surface area (Å²) < 4.78 is 2.07. The summed E-state index contributed by atoms with van der Waals surface area (Å²) in [5.41, 5.74) is 2.11. The Kier molecular flexibility index (Phi) is 2.29. The topological polar surface area (TPSA) is 41.7 Å². The Hall–Kier alpha value is -1.29. The van der Waals surface area contributed by atoms with Crippen LogP contribution in [0.15, 0.2) is 17.6 Å². The Morgan fingerprint density at radius 1 is 1.64 bits per heavy atom. The number of rotatable bonds is 3. The molecule has 0 aromatic carbocycles. The van der Waals surface area contributed by atoms with E-state index in [0.717, 1.165) is 16.8 Å². The highest BCUT2D eigenvalue weighted by Crippen LogP contribution is 2.20. The van der Waals surface area contributed by atoms with Crippen LogP contribution >= 0.6 is 11.3 Å². The minimum absolute atomic E-state index is 0.109. The van der Waals surface area contributed by atoms with E-state index in [1.807, 2.05) is 12.3 Å². The van der Waals surface area contributed by atoms with E-state index in [1.165, 1.54) is 5.69 Å². The van der Waals surface area contributed by atoms with Gasteiger partial charge in [-0.25, -0.2) is 0 Å². The van der Waals surface area contributed by atoms with Crippen molar-refractivity contribution in [3.8, 4) is 0 Å². The molecular formula is C10H11NO2S. The van der Waals surface area contributed by atoms with E-state index in [0.29, 0.717) is 0 Å². The van der Waals surface area contributed by atoms with E-state index in [2.05, 4.69) is 16.7 Å². The van der Waals surface area contributed by atoms with Crippen molar-refractivity contribution in [2.45, 2.75) is 19.8 Å². The Morgan fingerprint density at radius 3 is 3.07 bits per heavy atom. The average Bonchev–Trinajstić information content (AvgIpc) is 2.61. The van der Waals surface area contributed by atoms with Gasteiger partial charge >= 0.3 is 5.97 Å². The molecule has 2 aromatic rings. The highest BCUT2D eigenvalue weighted by atomic mass is 32.1. The molecule has 4 heteroatoms. The zero-order chi connectivity index (χ0) is 10.1. The van der Waals surface area contributed by atoms with Crippen molar-refractivity contribution in [1.82, 2.24) is 4.40 Å². The largest absolute Gasteiger partial charge is 0.481 e. The summed E-state index contributed by atoms with van der Waals surface area (Å²) in [7, 11) is 0. The number of carboxylic acids is 1. The maximum Gasteiger partial charge on any atom is 0.307 e. The van der Waals surface area contributed by atoms with Gasteiger partial charge in [0.1, 0.15) is 0 Å². The third-order valence-corrected chi connectivity index (χ3v) is 3.13. The van der Waals surface area contributed by atoms with Crippen LogP contribution in [0.2, 0.25) is 0 Å². The molecule has 74 valence electrons. The molecule has 1 N–H and O–H groups in total. The number of fused-ring (bicyclic) bond motifs is 1. The van der Waals surface area contributed by atoms with Gasteiger partial charge < -0.3 is 9.51 Å². The zero-order valence-corrected chi connectivity index (χ0v) is 8.67. The highest BCUT2D eigenvalue weighted by Gasteiger charge is 2.07. The van der Waals surface area contributed by atoms with E-state index in [-0.39, 0.29) is 6.42 Å². The molecule has 0 aliphatic rings. The van der Waals surface area contributed by atoms with Crippen molar-refractivity contribution in [2.24, 2.45) is 0 Å². The maximum atomic E-state index is 10.5. The second-order valence-electron chi connectivity index (χ2n) is 3.21. The molecule has 0 spiro atoms. The Bertz CT molecular complexity index is 469. The van der Waals surface area contributed by atoms with Crippen LogP contribution in [0.4, 0.5) is 0 Å². The minimum atomic E-state index is -0.777. The van der Waals surface area contributed by atoms with Crippen LogP contribution in [0.25, 0.3) is 4.83 Å². The van der Waals surface area contributed by atoms with Gasteiger partial charge in [-0.1, -0.05) is 6.92 Å². The summed E-state index contributed by atoms with van der Waals surface area (Å²) in [5.74, 6) is -0.777. The van der Waals surface area contributed by atoms with E-state index in [1.54, 1.807) is 11.3 Å². The summed E-state index contributed by atoms with van der Waals surface area (Å²) in [6.45, 7) is 2.10. The molecular weight excluding hydrogens is 198 g/mol. The fourth-order valence-corrected chi connectivity index (χ4v) is 2.56. The van der Waals surface area contributed by atoms with Crippen LogP contribution in [-0.2, 0) is 17.6 Å². The van der Waals surface area contributed by atoms with Gasteiger partial charge in [-0.2, -0.15) is 0 Å². The first kappa shape index (κ1) is 9.27. The van der Waals surface area contributed by atoms with Crippen LogP contribution < -0.4 is 0 Å². The minimum Gasteiger partial charge on any atom is -0.481 e. The molecule has 0 atom stereocenters. The summed E-state index contributed by atoms with van der Waals surface area (Å²) >= 11 is 1.66. The fourth-order valence-electron chi connectivity index (χ4n) is 1.52. The highest BCUT2D eigenvalue weighted by molar-refractivity contribution is 7.15. The Morgan fingerprint density at radius 2 is 2.43 bits per heavy atom. The molecule has 0 radical (unpaired) electrons. The maximum absolute atomic E-state index is 10.5. The van der Waals surface area contributed by atoms with Crippen LogP contribution in [0.5, 0.6) is 0 Å². The molecule has 0 aliphatic heterocycles. The third-order valence-electron chi connectivity index (χ3n) is 2.18. The first-order valence-electron chi connectivity index (χ1n) is 4.50. The number of nitrogens with zero attached hydrogens (tertiary/aromatic N) is 1. The second kappa shape index (κ2) is 3.46. The number of hydrogen-bond donors (Lipinski definition) is 1. The summed E-state index contributed by atoms with van der Waals surface area (Å²) in [6.07, 6.45) is 3.00. The van der Waals surface area contributed by atoms with Gasteiger partial charge in [0, 0.05) is 17.3 Å². The first-order chi connectivity index (χ1) is 6.70. The summed E-state index contributed by atoms with van der Waals surface area (Å²) in [5, 5.41) is 10.8. The number of hydrogen-bond acceptors (Lipinski definition) is 2. The van der Waals surface area contributed by atoms with Crippen molar-refractivity contribution >= 4 is 22.1 Å². The van der Waals surface area contributed by atoms with E-state index < -0.39 is 5.97 Å². The fraction of sp³-hybridized carbons (Fsp3) is 0.300. The van der Waals surface area contributed by atoms with Gasteiger partial charge in [0.2, 0.25) is 0 Å². The normalized spacial score (nSPS) is 10.9. The van der Waals surface area contributed by atoms with Gasteiger partial charge in [0.25, 0.3) is 0 Å². The SMILES string of the molecule is CCc1csc2cc(CC(=O)O)cn12.